The van der Waals surface area contributed by atoms with Crippen LogP contribution in [0.3, 0.4) is 0 Å². The van der Waals surface area contributed by atoms with Crippen LogP contribution < -0.4 is 0 Å². The SMILES string of the molecule is OC[C@@H]1O[C@H](OC[C@@H]2O[C@H](O)[C@H](O)[C@@H](O)[C@@H]2O)[C@@H](O)[C@H](O)[C@H]1O. The van der Waals surface area contributed by atoms with Crippen LogP contribution in [-0.4, -0.2) is 115 Å². The summed E-state index contributed by atoms with van der Waals surface area (Å²) in [6, 6.07) is 0. The van der Waals surface area contributed by atoms with Crippen molar-refractivity contribution in [1.29, 1.82) is 0 Å². The molecular weight excluding hydrogens is 320 g/mol. The van der Waals surface area contributed by atoms with E-state index in [1.54, 1.807) is 0 Å². The highest BCUT2D eigenvalue weighted by Crippen LogP contribution is 2.24. The first kappa shape index (κ1) is 18.9. The van der Waals surface area contributed by atoms with E-state index < -0.39 is 74.6 Å². The highest BCUT2D eigenvalue weighted by molar-refractivity contribution is 4.91. The first-order valence-corrected chi connectivity index (χ1v) is 7.07. The Morgan fingerprint density at radius 3 is 1.83 bits per heavy atom. The van der Waals surface area contributed by atoms with E-state index in [0.29, 0.717) is 0 Å². The molecule has 10 atom stereocenters. The van der Waals surface area contributed by atoms with E-state index in [-0.39, 0.29) is 0 Å². The van der Waals surface area contributed by atoms with Gasteiger partial charge >= 0.3 is 0 Å². The molecule has 0 spiro atoms. The van der Waals surface area contributed by atoms with Gasteiger partial charge in [0.05, 0.1) is 13.2 Å². The Kier molecular flexibility index (Phi) is 6.27. The van der Waals surface area contributed by atoms with Crippen LogP contribution in [0.4, 0.5) is 0 Å². The van der Waals surface area contributed by atoms with Crippen LogP contribution in [0, 0.1) is 0 Å². The van der Waals surface area contributed by atoms with Crippen molar-refractivity contribution >= 4 is 0 Å². The minimum Gasteiger partial charge on any atom is -0.394 e. The third-order valence-electron chi connectivity index (χ3n) is 3.96. The maximum atomic E-state index is 9.78. The highest BCUT2D eigenvalue weighted by atomic mass is 16.7. The molecule has 0 saturated carbocycles. The van der Waals surface area contributed by atoms with E-state index >= 15 is 0 Å². The van der Waals surface area contributed by atoms with E-state index in [1.807, 2.05) is 0 Å². The standard InChI is InChI=1S/C12H22O11/c13-1-3-5(14)8(17)10(19)12(23-3)21-2-4-6(15)7(16)9(18)11(20)22-4/h3-20H,1-2H2/t3-,4-,5-,6+,7-,8+,9+,10-,11-,12-/m0/s1. The van der Waals surface area contributed by atoms with Crippen LogP contribution >= 0.6 is 0 Å². The fourth-order valence-corrected chi connectivity index (χ4v) is 2.46. The number of hydrogen-bond acceptors (Lipinski definition) is 11. The molecule has 2 aliphatic heterocycles. The molecule has 0 unspecified atom stereocenters. The summed E-state index contributed by atoms with van der Waals surface area (Å²) in [6.07, 6.45) is -15.3. The number of aliphatic hydroxyl groups is 8. The zero-order valence-corrected chi connectivity index (χ0v) is 12.0. The van der Waals surface area contributed by atoms with Gasteiger partial charge in [0.15, 0.2) is 12.6 Å². The summed E-state index contributed by atoms with van der Waals surface area (Å²) in [7, 11) is 0. The molecule has 8 N–H and O–H groups in total. The predicted molar refractivity (Wildman–Crippen MR) is 68.6 cm³/mol. The van der Waals surface area contributed by atoms with E-state index in [4.69, 9.17) is 19.3 Å². The zero-order valence-electron chi connectivity index (χ0n) is 12.0. The van der Waals surface area contributed by atoms with Crippen LogP contribution in [0.25, 0.3) is 0 Å². The molecule has 2 heterocycles. The Morgan fingerprint density at radius 2 is 1.22 bits per heavy atom. The second-order valence-electron chi connectivity index (χ2n) is 5.57. The normalized spacial score (nSPS) is 51.7. The summed E-state index contributed by atoms with van der Waals surface area (Å²) in [6.45, 7) is -1.10. The second-order valence-corrected chi connectivity index (χ2v) is 5.57. The smallest absolute Gasteiger partial charge is 0.186 e. The topological polar surface area (TPSA) is 190 Å². The van der Waals surface area contributed by atoms with Crippen molar-refractivity contribution in [3.63, 3.8) is 0 Å². The molecule has 2 saturated heterocycles. The molecule has 0 bridgehead atoms. The minimum atomic E-state index is -1.74. The summed E-state index contributed by atoms with van der Waals surface area (Å²) in [5, 5.41) is 76.1. The Balaban J connectivity index is 1.94. The Morgan fingerprint density at radius 1 is 0.652 bits per heavy atom. The second kappa shape index (κ2) is 7.63. The molecule has 11 nitrogen and oxygen atoms in total. The molecule has 0 aliphatic carbocycles. The molecule has 2 fully saturated rings. The van der Waals surface area contributed by atoms with Gasteiger partial charge in [0.1, 0.15) is 48.8 Å². The quantitative estimate of drug-likeness (QED) is 0.243. The average molecular weight is 342 g/mol. The summed E-state index contributed by atoms with van der Waals surface area (Å²) >= 11 is 0. The van der Waals surface area contributed by atoms with E-state index in [0.717, 1.165) is 0 Å². The fraction of sp³-hybridized carbons (Fsp3) is 1.00. The predicted octanol–water partition coefficient (Wildman–Crippen LogP) is -5.40. The molecule has 23 heavy (non-hydrogen) atoms. The van der Waals surface area contributed by atoms with E-state index in [2.05, 4.69) is 0 Å². The monoisotopic (exact) mass is 342 g/mol. The summed E-state index contributed by atoms with van der Waals surface area (Å²) in [4.78, 5) is 0. The molecule has 0 aromatic rings. The van der Waals surface area contributed by atoms with Gasteiger partial charge in [-0.05, 0) is 0 Å². The summed E-state index contributed by atoms with van der Waals surface area (Å²) < 4.78 is 15.1. The maximum absolute atomic E-state index is 9.78. The van der Waals surface area contributed by atoms with Gasteiger partial charge in [0, 0.05) is 0 Å². The number of hydrogen-bond donors (Lipinski definition) is 8. The molecule has 0 amide bonds. The van der Waals surface area contributed by atoms with Gasteiger partial charge in [-0.3, -0.25) is 0 Å². The average Bonchev–Trinajstić information content (AvgIpc) is 2.54. The lowest BCUT2D eigenvalue weighted by Crippen LogP contribution is -2.61. The van der Waals surface area contributed by atoms with Crippen molar-refractivity contribution in [1.82, 2.24) is 0 Å². The lowest BCUT2D eigenvalue weighted by Gasteiger charge is -2.41. The van der Waals surface area contributed by atoms with Crippen molar-refractivity contribution in [2.24, 2.45) is 0 Å². The Bertz CT molecular complexity index is 380. The van der Waals surface area contributed by atoms with Crippen molar-refractivity contribution in [3.8, 4) is 0 Å². The molecule has 11 heteroatoms. The van der Waals surface area contributed by atoms with Crippen LogP contribution in [0.1, 0.15) is 0 Å². The van der Waals surface area contributed by atoms with Crippen molar-refractivity contribution in [2.75, 3.05) is 13.2 Å². The van der Waals surface area contributed by atoms with Gasteiger partial charge in [-0.25, -0.2) is 0 Å². The van der Waals surface area contributed by atoms with Crippen molar-refractivity contribution < 1.29 is 55.1 Å². The molecule has 2 aliphatic rings. The van der Waals surface area contributed by atoms with E-state index in [9.17, 15) is 35.7 Å². The Hall–Kier alpha value is -0.440. The maximum Gasteiger partial charge on any atom is 0.186 e. The van der Waals surface area contributed by atoms with Crippen LogP contribution in [0.2, 0.25) is 0 Å². The zero-order chi connectivity index (χ0) is 17.3. The largest absolute Gasteiger partial charge is 0.394 e. The van der Waals surface area contributed by atoms with Gasteiger partial charge in [0.2, 0.25) is 0 Å². The first-order valence-electron chi connectivity index (χ1n) is 7.07. The van der Waals surface area contributed by atoms with E-state index in [1.165, 1.54) is 0 Å². The number of rotatable bonds is 4. The van der Waals surface area contributed by atoms with Crippen molar-refractivity contribution in [3.05, 3.63) is 0 Å². The minimum absolute atomic E-state index is 0.468. The number of aliphatic hydroxyl groups excluding tert-OH is 8. The van der Waals surface area contributed by atoms with Crippen LogP contribution in [0.5, 0.6) is 0 Å². The van der Waals surface area contributed by atoms with Gasteiger partial charge in [0.25, 0.3) is 0 Å². The third kappa shape index (κ3) is 3.81. The lowest BCUT2D eigenvalue weighted by molar-refractivity contribution is -0.325. The van der Waals surface area contributed by atoms with Gasteiger partial charge in [-0.15, -0.1) is 0 Å². The Labute approximate surface area is 130 Å². The first-order chi connectivity index (χ1) is 10.8. The molecule has 136 valence electrons. The molecule has 2 rings (SSSR count). The third-order valence-corrected chi connectivity index (χ3v) is 3.96. The summed E-state index contributed by atoms with van der Waals surface area (Å²) in [5.41, 5.74) is 0. The lowest BCUT2D eigenvalue weighted by atomic mass is 9.98. The van der Waals surface area contributed by atoms with Crippen LogP contribution in [0.15, 0.2) is 0 Å². The van der Waals surface area contributed by atoms with Gasteiger partial charge in [-0.1, -0.05) is 0 Å². The summed E-state index contributed by atoms with van der Waals surface area (Å²) in [5.74, 6) is 0. The highest BCUT2D eigenvalue weighted by Gasteiger charge is 2.46. The molecule has 0 radical (unpaired) electrons. The fourth-order valence-electron chi connectivity index (χ4n) is 2.46. The van der Waals surface area contributed by atoms with Gasteiger partial charge in [-0.2, -0.15) is 0 Å². The van der Waals surface area contributed by atoms with Crippen LogP contribution in [-0.2, 0) is 14.2 Å². The van der Waals surface area contributed by atoms with Crippen molar-refractivity contribution in [2.45, 2.75) is 61.4 Å². The number of ether oxygens (including phenoxy) is 3. The molecule has 0 aromatic heterocycles. The van der Waals surface area contributed by atoms with Gasteiger partial charge < -0.3 is 55.1 Å². The molecule has 0 aromatic carbocycles. The molecular formula is C12H22O11.